The van der Waals surface area contributed by atoms with Crippen LogP contribution in [0.15, 0.2) is 36.8 Å². The Bertz CT molecular complexity index is 845. The molecule has 0 atom stereocenters. The van der Waals surface area contributed by atoms with Gasteiger partial charge in [0.25, 0.3) is 0 Å². The number of aryl methyl sites for hydroxylation is 1. The number of aromatic carboxylic acids is 1. The number of halogens is 1. The molecule has 0 aliphatic heterocycles. The van der Waals surface area contributed by atoms with E-state index in [4.69, 9.17) is 21.4 Å². The normalized spacial score (nSPS) is 10.8. The lowest BCUT2D eigenvalue weighted by molar-refractivity contribution is 0.0699. The van der Waals surface area contributed by atoms with Crippen molar-refractivity contribution in [2.45, 2.75) is 0 Å². The first-order valence-electron chi connectivity index (χ1n) is 6.02. The Kier molecular flexibility index (Phi) is 3.23. The molecule has 0 aliphatic rings. The molecule has 0 spiro atoms. The van der Waals surface area contributed by atoms with Crippen molar-refractivity contribution in [3.8, 4) is 11.6 Å². The van der Waals surface area contributed by atoms with Gasteiger partial charge < -0.3 is 14.4 Å². The third-order valence-electron chi connectivity index (χ3n) is 3.02. The number of carboxylic acid groups (broad SMARTS) is 1. The smallest absolute Gasteiger partial charge is 0.337 e. The monoisotopic (exact) mass is 303 g/mol. The predicted molar refractivity (Wildman–Crippen MR) is 77.0 cm³/mol. The lowest BCUT2D eigenvalue weighted by Crippen LogP contribution is -1.93. The zero-order valence-electron chi connectivity index (χ0n) is 10.9. The first-order chi connectivity index (χ1) is 10.0. The second-order valence-corrected chi connectivity index (χ2v) is 4.81. The van der Waals surface area contributed by atoms with Gasteiger partial charge in [0, 0.05) is 30.8 Å². The fraction of sp³-hybridized carbons (Fsp3) is 0.0714. The quantitative estimate of drug-likeness (QED) is 0.752. The summed E-state index contributed by atoms with van der Waals surface area (Å²) in [6.07, 6.45) is 2.87. The molecule has 7 heteroatoms. The number of carboxylic acids is 1. The van der Waals surface area contributed by atoms with Crippen molar-refractivity contribution < 1.29 is 14.6 Å². The fourth-order valence-electron chi connectivity index (χ4n) is 2.09. The zero-order valence-corrected chi connectivity index (χ0v) is 11.7. The van der Waals surface area contributed by atoms with Gasteiger partial charge >= 0.3 is 5.97 Å². The Morgan fingerprint density at radius 3 is 2.86 bits per heavy atom. The summed E-state index contributed by atoms with van der Waals surface area (Å²) in [6, 6.07) is 6.64. The van der Waals surface area contributed by atoms with Crippen LogP contribution in [0.2, 0.25) is 5.15 Å². The molecule has 0 amide bonds. The fourth-order valence-corrected chi connectivity index (χ4v) is 2.23. The van der Waals surface area contributed by atoms with Gasteiger partial charge in [-0.2, -0.15) is 0 Å². The number of hydrogen-bond acceptors (Lipinski definition) is 4. The lowest BCUT2D eigenvalue weighted by Gasteiger charge is -2.05. The number of nitrogens with zero attached hydrogens (tertiary/aromatic N) is 3. The molecule has 0 radical (unpaired) electrons. The number of ether oxygens (including phenoxy) is 1. The van der Waals surface area contributed by atoms with Gasteiger partial charge in [0.15, 0.2) is 0 Å². The summed E-state index contributed by atoms with van der Waals surface area (Å²) in [6.45, 7) is 0. The summed E-state index contributed by atoms with van der Waals surface area (Å²) in [5, 5.41) is 10.1. The minimum absolute atomic E-state index is 0.254. The number of aromatic nitrogens is 3. The maximum Gasteiger partial charge on any atom is 0.337 e. The van der Waals surface area contributed by atoms with Crippen LogP contribution in [0.4, 0.5) is 0 Å². The topological polar surface area (TPSA) is 77.2 Å². The van der Waals surface area contributed by atoms with Crippen LogP contribution in [0, 0.1) is 0 Å². The van der Waals surface area contributed by atoms with Crippen LogP contribution in [0.25, 0.3) is 10.9 Å². The summed E-state index contributed by atoms with van der Waals surface area (Å²) in [4.78, 5) is 18.9. The molecule has 0 aliphatic carbocycles. The van der Waals surface area contributed by atoms with Gasteiger partial charge in [-0.1, -0.05) is 11.6 Å². The van der Waals surface area contributed by atoms with Gasteiger partial charge in [0.05, 0.1) is 11.1 Å². The standard InChI is InChI=1S/C14H10ClN3O3/c1-18-6-10(14(19)20)9-3-2-8(4-11(9)18)21-13-5-12(15)16-7-17-13/h2-7H,1H3,(H,19,20). The summed E-state index contributed by atoms with van der Waals surface area (Å²) < 4.78 is 7.33. The average Bonchev–Trinajstić information content (AvgIpc) is 2.76. The first kappa shape index (κ1) is 13.4. The van der Waals surface area contributed by atoms with Gasteiger partial charge in [-0.05, 0) is 12.1 Å². The molecule has 106 valence electrons. The van der Waals surface area contributed by atoms with Crippen molar-refractivity contribution in [2.24, 2.45) is 7.05 Å². The molecule has 0 saturated heterocycles. The number of hydrogen-bond donors (Lipinski definition) is 1. The van der Waals surface area contributed by atoms with Crippen molar-refractivity contribution in [2.75, 3.05) is 0 Å². The molecule has 1 aromatic carbocycles. The molecule has 3 aromatic rings. The molecule has 21 heavy (non-hydrogen) atoms. The summed E-state index contributed by atoms with van der Waals surface area (Å²) in [5.41, 5.74) is 1.01. The van der Waals surface area contributed by atoms with Crippen LogP contribution in [0.1, 0.15) is 10.4 Å². The second kappa shape index (κ2) is 5.06. The molecule has 3 rings (SSSR count). The van der Waals surface area contributed by atoms with Crippen molar-refractivity contribution in [1.29, 1.82) is 0 Å². The molecule has 1 N–H and O–H groups in total. The van der Waals surface area contributed by atoms with Crippen LogP contribution in [0.5, 0.6) is 11.6 Å². The van der Waals surface area contributed by atoms with Crippen molar-refractivity contribution in [1.82, 2.24) is 14.5 Å². The third-order valence-corrected chi connectivity index (χ3v) is 3.23. The summed E-state index contributed by atoms with van der Waals surface area (Å²) in [7, 11) is 1.78. The van der Waals surface area contributed by atoms with Crippen LogP contribution in [0.3, 0.4) is 0 Å². The zero-order chi connectivity index (χ0) is 15.0. The van der Waals surface area contributed by atoms with E-state index in [2.05, 4.69) is 9.97 Å². The van der Waals surface area contributed by atoms with E-state index < -0.39 is 5.97 Å². The Morgan fingerprint density at radius 2 is 2.14 bits per heavy atom. The number of rotatable bonds is 3. The van der Waals surface area contributed by atoms with Crippen LogP contribution in [-0.4, -0.2) is 25.6 Å². The van der Waals surface area contributed by atoms with E-state index >= 15 is 0 Å². The van der Waals surface area contributed by atoms with E-state index in [-0.39, 0.29) is 10.7 Å². The van der Waals surface area contributed by atoms with E-state index in [9.17, 15) is 4.79 Å². The molecular formula is C14H10ClN3O3. The first-order valence-corrected chi connectivity index (χ1v) is 6.40. The Hall–Kier alpha value is -2.60. The minimum Gasteiger partial charge on any atom is -0.478 e. The molecule has 0 saturated carbocycles. The number of fused-ring (bicyclic) bond motifs is 1. The molecule has 2 heterocycles. The van der Waals surface area contributed by atoms with Crippen LogP contribution < -0.4 is 4.74 Å². The van der Waals surface area contributed by atoms with Gasteiger partial charge in [0.1, 0.15) is 17.2 Å². The number of carbonyl (C=O) groups is 1. The lowest BCUT2D eigenvalue weighted by atomic mass is 10.2. The van der Waals surface area contributed by atoms with E-state index in [1.54, 1.807) is 36.0 Å². The van der Waals surface area contributed by atoms with Crippen molar-refractivity contribution in [3.05, 3.63) is 47.5 Å². The van der Waals surface area contributed by atoms with Gasteiger partial charge in [-0.3, -0.25) is 0 Å². The average molecular weight is 304 g/mol. The highest BCUT2D eigenvalue weighted by Gasteiger charge is 2.13. The Balaban J connectivity index is 2.02. The Labute approximate surface area is 124 Å². The van der Waals surface area contributed by atoms with Crippen LogP contribution in [-0.2, 0) is 7.05 Å². The largest absolute Gasteiger partial charge is 0.478 e. The molecule has 0 bridgehead atoms. The van der Waals surface area contributed by atoms with Gasteiger partial charge in [-0.15, -0.1) is 0 Å². The molecular weight excluding hydrogens is 294 g/mol. The number of benzene rings is 1. The highest BCUT2D eigenvalue weighted by atomic mass is 35.5. The summed E-state index contributed by atoms with van der Waals surface area (Å²) in [5.74, 6) is -0.103. The molecule has 6 nitrogen and oxygen atoms in total. The maximum absolute atomic E-state index is 11.2. The SMILES string of the molecule is Cn1cc(C(=O)O)c2ccc(Oc3cc(Cl)ncn3)cc21. The van der Waals surface area contributed by atoms with E-state index in [0.717, 1.165) is 5.52 Å². The van der Waals surface area contributed by atoms with E-state index in [1.165, 1.54) is 12.4 Å². The van der Waals surface area contributed by atoms with Crippen molar-refractivity contribution in [3.63, 3.8) is 0 Å². The second-order valence-electron chi connectivity index (χ2n) is 4.42. The molecule has 0 fully saturated rings. The predicted octanol–water partition coefficient (Wildman–Crippen LogP) is 3.11. The highest BCUT2D eigenvalue weighted by molar-refractivity contribution is 6.29. The van der Waals surface area contributed by atoms with Gasteiger partial charge in [0.2, 0.25) is 5.88 Å². The summed E-state index contributed by atoms with van der Waals surface area (Å²) >= 11 is 5.77. The minimum atomic E-state index is -0.961. The maximum atomic E-state index is 11.2. The van der Waals surface area contributed by atoms with E-state index in [1.807, 2.05) is 0 Å². The Morgan fingerprint density at radius 1 is 1.33 bits per heavy atom. The van der Waals surface area contributed by atoms with E-state index in [0.29, 0.717) is 17.0 Å². The van der Waals surface area contributed by atoms with Crippen LogP contribution >= 0.6 is 11.6 Å². The molecule has 2 aromatic heterocycles. The highest BCUT2D eigenvalue weighted by Crippen LogP contribution is 2.28. The van der Waals surface area contributed by atoms with Crippen molar-refractivity contribution >= 4 is 28.5 Å². The molecule has 0 unspecified atom stereocenters. The third kappa shape index (κ3) is 2.53. The van der Waals surface area contributed by atoms with Gasteiger partial charge in [-0.25, -0.2) is 14.8 Å².